The van der Waals surface area contributed by atoms with Crippen molar-refractivity contribution in [3.63, 3.8) is 0 Å². The van der Waals surface area contributed by atoms with E-state index in [9.17, 15) is 0 Å². The molecule has 0 heterocycles. The number of rotatable bonds is 26. The van der Waals surface area contributed by atoms with Crippen LogP contribution in [-0.4, -0.2) is 16.4 Å². The van der Waals surface area contributed by atoms with Crippen molar-refractivity contribution in [3.8, 4) is 0 Å². The summed E-state index contributed by atoms with van der Waals surface area (Å²) in [5.41, 5.74) is 0. The molecule has 0 aromatic carbocycles. The highest BCUT2D eigenvalue weighted by Gasteiger charge is 1.96. The fraction of sp³-hybridized carbons (Fsp3) is 1.00. The summed E-state index contributed by atoms with van der Waals surface area (Å²) in [6.45, 7) is 5.58. The zero-order valence-electron chi connectivity index (χ0n) is 20.6. The third-order valence-electron chi connectivity index (χ3n) is 6.08. The van der Waals surface area contributed by atoms with Crippen molar-refractivity contribution in [1.29, 1.82) is 0 Å². The Morgan fingerprint density at radius 2 is 0.690 bits per heavy atom. The lowest BCUT2D eigenvalue weighted by molar-refractivity contribution is 0.319. The standard InChI is InChI=1S/C27H56OSi/c1-3-5-7-9-10-11-12-13-14-15-16-17-18-19-20-21-22-23-24-26-28-29-27-25-8-6-4-2/h3-27H2,1-2H3. The molecule has 0 spiro atoms. The summed E-state index contributed by atoms with van der Waals surface area (Å²) in [5, 5.41) is 0. The van der Waals surface area contributed by atoms with Crippen LogP contribution < -0.4 is 0 Å². The first kappa shape index (κ1) is 29.2. The van der Waals surface area contributed by atoms with Gasteiger partial charge in [0.25, 0.3) is 0 Å². The molecule has 29 heavy (non-hydrogen) atoms. The molecule has 0 aliphatic rings. The van der Waals surface area contributed by atoms with Gasteiger partial charge in [0.05, 0.1) is 0 Å². The van der Waals surface area contributed by atoms with Crippen LogP contribution in [0.5, 0.6) is 0 Å². The molecule has 0 saturated carbocycles. The van der Waals surface area contributed by atoms with E-state index in [1.807, 2.05) is 0 Å². The van der Waals surface area contributed by atoms with Gasteiger partial charge in [0.1, 0.15) is 0 Å². The van der Waals surface area contributed by atoms with Crippen LogP contribution in [0.25, 0.3) is 0 Å². The topological polar surface area (TPSA) is 9.23 Å². The van der Waals surface area contributed by atoms with Crippen molar-refractivity contribution >= 4 is 9.76 Å². The van der Waals surface area contributed by atoms with Crippen LogP contribution in [0.15, 0.2) is 0 Å². The van der Waals surface area contributed by atoms with E-state index in [1.165, 1.54) is 154 Å². The second-order valence-corrected chi connectivity index (χ2v) is 10.2. The first-order chi connectivity index (χ1) is 14.4. The zero-order valence-corrected chi connectivity index (χ0v) is 21.6. The molecule has 174 valence electrons. The molecule has 0 aliphatic heterocycles. The summed E-state index contributed by atoms with van der Waals surface area (Å²) in [6.07, 6.45) is 33.0. The van der Waals surface area contributed by atoms with E-state index in [1.54, 1.807) is 0 Å². The first-order valence-corrected chi connectivity index (χ1v) is 14.9. The van der Waals surface area contributed by atoms with Crippen molar-refractivity contribution in [2.24, 2.45) is 0 Å². The van der Waals surface area contributed by atoms with Crippen molar-refractivity contribution in [2.75, 3.05) is 6.61 Å². The molecule has 0 amide bonds. The maximum atomic E-state index is 5.77. The minimum absolute atomic E-state index is 0.754. The number of hydrogen-bond acceptors (Lipinski definition) is 1. The normalized spacial score (nSPS) is 11.4. The van der Waals surface area contributed by atoms with Crippen LogP contribution in [0.2, 0.25) is 6.04 Å². The Hall–Kier alpha value is 0.177. The summed E-state index contributed by atoms with van der Waals surface area (Å²) in [5.74, 6) is 0. The summed E-state index contributed by atoms with van der Waals surface area (Å²) in [6, 6.07) is 1.29. The highest BCUT2D eigenvalue weighted by atomic mass is 28.2. The Kier molecular flexibility index (Phi) is 28.3. The lowest BCUT2D eigenvalue weighted by atomic mass is 10.0. The van der Waals surface area contributed by atoms with Gasteiger partial charge in [0.15, 0.2) is 0 Å². The summed E-state index contributed by atoms with van der Waals surface area (Å²) in [4.78, 5) is 0. The Labute approximate surface area is 188 Å². The SMILES string of the molecule is CCCCCCCCCCCCCCCCCCCCCO[Si]CCCCCC. The Morgan fingerprint density at radius 3 is 1.07 bits per heavy atom. The molecule has 0 aromatic heterocycles. The van der Waals surface area contributed by atoms with Crippen molar-refractivity contribution < 1.29 is 4.43 Å². The molecule has 0 unspecified atom stereocenters. The number of hydrogen-bond donors (Lipinski definition) is 0. The second-order valence-electron chi connectivity index (χ2n) is 9.17. The average molecular weight is 425 g/mol. The van der Waals surface area contributed by atoms with E-state index in [4.69, 9.17) is 4.43 Å². The van der Waals surface area contributed by atoms with E-state index < -0.39 is 0 Å². The molecule has 1 nitrogen and oxygen atoms in total. The van der Waals surface area contributed by atoms with Gasteiger partial charge in [-0.3, -0.25) is 0 Å². The van der Waals surface area contributed by atoms with Crippen LogP contribution in [0, 0.1) is 0 Å². The van der Waals surface area contributed by atoms with Gasteiger partial charge in [-0.05, 0) is 12.5 Å². The molecule has 2 heteroatoms. The minimum atomic E-state index is 0.754. The van der Waals surface area contributed by atoms with Gasteiger partial charge in [0, 0.05) is 6.61 Å². The highest BCUT2D eigenvalue weighted by Crippen LogP contribution is 2.14. The lowest BCUT2D eigenvalue weighted by Gasteiger charge is -2.04. The maximum Gasteiger partial charge on any atom is 0.229 e. The Balaban J connectivity index is 2.97. The monoisotopic (exact) mass is 424 g/mol. The average Bonchev–Trinajstić information content (AvgIpc) is 2.74. The van der Waals surface area contributed by atoms with Gasteiger partial charge in [-0.25, -0.2) is 0 Å². The molecule has 2 radical (unpaired) electrons. The zero-order chi connectivity index (χ0) is 21.1. The van der Waals surface area contributed by atoms with E-state index in [0.29, 0.717) is 0 Å². The predicted octanol–water partition coefficient (Wildman–Crippen LogP) is 10.1. The van der Waals surface area contributed by atoms with Gasteiger partial charge < -0.3 is 4.43 Å². The molecule has 0 atom stereocenters. The van der Waals surface area contributed by atoms with Crippen LogP contribution in [-0.2, 0) is 4.43 Å². The van der Waals surface area contributed by atoms with Crippen molar-refractivity contribution in [3.05, 3.63) is 0 Å². The molecular formula is C27H56OSi. The van der Waals surface area contributed by atoms with Crippen molar-refractivity contribution in [1.82, 2.24) is 0 Å². The van der Waals surface area contributed by atoms with Crippen LogP contribution >= 0.6 is 0 Å². The highest BCUT2D eigenvalue weighted by molar-refractivity contribution is 6.26. The minimum Gasteiger partial charge on any atom is -0.417 e. The molecule has 0 bridgehead atoms. The number of unbranched alkanes of at least 4 members (excludes halogenated alkanes) is 21. The van der Waals surface area contributed by atoms with Crippen LogP contribution in [0.3, 0.4) is 0 Å². The van der Waals surface area contributed by atoms with Gasteiger partial charge in [-0.2, -0.15) is 0 Å². The lowest BCUT2D eigenvalue weighted by Crippen LogP contribution is -2.00. The maximum absolute atomic E-state index is 5.77. The van der Waals surface area contributed by atoms with Gasteiger partial charge in [0.2, 0.25) is 9.76 Å². The van der Waals surface area contributed by atoms with Gasteiger partial charge in [-0.15, -0.1) is 0 Å². The van der Waals surface area contributed by atoms with E-state index in [-0.39, 0.29) is 0 Å². The third-order valence-corrected chi connectivity index (χ3v) is 7.05. The van der Waals surface area contributed by atoms with Crippen LogP contribution in [0.4, 0.5) is 0 Å². The third kappa shape index (κ3) is 28.2. The second kappa shape index (κ2) is 28.2. The molecule has 0 fully saturated rings. The van der Waals surface area contributed by atoms with Crippen LogP contribution in [0.1, 0.15) is 162 Å². The predicted molar refractivity (Wildman–Crippen MR) is 134 cm³/mol. The van der Waals surface area contributed by atoms with E-state index >= 15 is 0 Å². The van der Waals surface area contributed by atoms with Gasteiger partial charge >= 0.3 is 0 Å². The smallest absolute Gasteiger partial charge is 0.229 e. The largest absolute Gasteiger partial charge is 0.417 e. The fourth-order valence-corrected chi connectivity index (χ4v) is 4.85. The van der Waals surface area contributed by atoms with E-state index in [0.717, 1.165) is 16.4 Å². The molecule has 0 N–H and O–H groups in total. The molecule has 0 aromatic rings. The van der Waals surface area contributed by atoms with E-state index in [2.05, 4.69) is 13.8 Å². The Bertz CT molecular complexity index is 243. The summed E-state index contributed by atoms with van der Waals surface area (Å²) >= 11 is 0. The molecule has 0 rings (SSSR count). The summed E-state index contributed by atoms with van der Waals surface area (Å²) in [7, 11) is 0.754. The molecule has 0 saturated heterocycles. The quantitative estimate of drug-likeness (QED) is 0.0990. The molecule has 0 aliphatic carbocycles. The molecular weight excluding hydrogens is 368 g/mol. The Morgan fingerprint density at radius 1 is 0.379 bits per heavy atom. The summed E-state index contributed by atoms with van der Waals surface area (Å²) < 4.78 is 5.77. The van der Waals surface area contributed by atoms with Gasteiger partial charge in [-0.1, -0.05) is 155 Å². The fourth-order valence-electron chi connectivity index (χ4n) is 4.02. The first-order valence-electron chi connectivity index (χ1n) is 13.8. The van der Waals surface area contributed by atoms with Crippen molar-refractivity contribution in [2.45, 2.75) is 168 Å².